The molecule has 0 aliphatic carbocycles. The summed E-state index contributed by atoms with van der Waals surface area (Å²) in [7, 11) is 0. The van der Waals surface area contributed by atoms with Gasteiger partial charge in [0.15, 0.2) is 0 Å². The highest BCUT2D eigenvalue weighted by molar-refractivity contribution is 7.71. The van der Waals surface area contributed by atoms with Crippen molar-refractivity contribution in [2.75, 3.05) is 0 Å². The third-order valence-corrected chi connectivity index (χ3v) is 2.25. The van der Waals surface area contributed by atoms with Gasteiger partial charge in [-0.05, 0) is 30.4 Å². The van der Waals surface area contributed by atoms with Gasteiger partial charge in [0, 0.05) is 5.56 Å². The van der Waals surface area contributed by atoms with Gasteiger partial charge in [-0.15, -0.1) is 0 Å². The zero-order valence-electron chi connectivity index (χ0n) is 6.88. The second-order valence-electron chi connectivity index (χ2n) is 2.69. The largest absolute Gasteiger partial charge is 0.437 e. The summed E-state index contributed by atoms with van der Waals surface area (Å²) < 4.78 is 17.6. The summed E-state index contributed by atoms with van der Waals surface area (Å²) >= 11 is 10.6. The third-order valence-electron chi connectivity index (χ3n) is 1.74. The number of aromatic amines is 1. The minimum Gasteiger partial charge on any atom is -0.437 e. The Balaban J connectivity index is 2.57. The summed E-state index contributed by atoms with van der Waals surface area (Å²) in [6.45, 7) is 0. The molecule has 0 fully saturated rings. The van der Waals surface area contributed by atoms with Crippen molar-refractivity contribution in [1.29, 1.82) is 0 Å². The quantitative estimate of drug-likeness (QED) is 0.754. The topological polar surface area (TPSA) is 28.9 Å². The molecule has 1 N–H and O–H groups in total. The highest BCUT2D eigenvalue weighted by Gasteiger charge is 2.06. The number of halogens is 2. The number of rotatable bonds is 1. The Morgan fingerprint density at radius 2 is 2.21 bits per heavy atom. The lowest BCUT2D eigenvalue weighted by molar-refractivity contribution is 0.541. The lowest BCUT2D eigenvalue weighted by Crippen LogP contribution is -1.81. The highest BCUT2D eigenvalue weighted by atomic mass is 35.5. The SMILES string of the molecule is Fc1ccc(-c2coc(=S)[nH]2)c(Cl)c1. The van der Waals surface area contributed by atoms with E-state index >= 15 is 0 Å². The van der Waals surface area contributed by atoms with Crippen molar-refractivity contribution in [1.82, 2.24) is 4.98 Å². The zero-order valence-corrected chi connectivity index (χ0v) is 8.45. The average molecular weight is 230 g/mol. The molecule has 0 atom stereocenters. The molecule has 14 heavy (non-hydrogen) atoms. The van der Waals surface area contributed by atoms with E-state index in [0.717, 1.165) is 0 Å². The van der Waals surface area contributed by atoms with Crippen molar-refractivity contribution in [2.45, 2.75) is 0 Å². The Kier molecular flexibility index (Phi) is 2.39. The van der Waals surface area contributed by atoms with Crippen LogP contribution in [0, 0.1) is 10.7 Å². The maximum absolute atomic E-state index is 12.7. The molecule has 1 aromatic carbocycles. The molecular weight excluding hydrogens is 225 g/mol. The lowest BCUT2D eigenvalue weighted by Gasteiger charge is -1.99. The fraction of sp³-hybridized carbons (Fsp3) is 0. The van der Waals surface area contributed by atoms with Gasteiger partial charge in [0.25, 0.3) is 4.84 Å². The van der Waals surface area contributed by atoms with Gasteiger partial charge in [-0.1, -0.05) is 11.6 Å². The van der Waals surface area contributed by atoms with Crippen LogP contribution in [-0.2, 0) is 0 Å². The summed E-state index contributed by atoms with van der Waals surface area (Å²) in [4.78, 5) is 3.06. The van der Waals surface area contributed by atoms with Crippen LogP contribution in [0.5, 0.6) is 0 Å². The maximum Gasteiger partial charge on any atom is 0.266 e. The van der Waals surface area contributed by atoms with E-state index in [1.165, 1.54) is 18.4 Å². The van der Waals surface area contributed by atoms with E-state index in [9.17, 15) is 4.39 Å². The van der Waals surface area contributed by atoms with Gasteiger partial charge in [-0.3, -0.25) is 0 Å². The molecule has 1 aromatic heterocycles. The molecule has 2 nitrogen and oxygen atoms in total. The second-order valence-corrected chi connectivity index (χ2v) is 3.46. The number of H-pyrrole nitrogens is 1. The van der Waals surface area contributed by atoms with Crippen LogP contribution >= 0.6 is 23.8 Å². The molecular formula is C9H5ClFNOS. The van der Waals surface area contributed by atoms with Gasteiger partial charge in [0.2, 0.25) is 0 Å². The van der Waals surface area contributed by atoms with Gasteiger partial charge >= 0.3 is 0 Å². The molecule has 0 aliphatic rings. The smallest absolute Gasteiger partial charge is 0.266 e. The van der Waals surface area contributed by atoms with Crippen LogP contribution in [0.4, 0.5) is 4.39 Å². The van der Waals surface area contributed by atoms with Gasteiger partial charge < -0.3 is 9.40 Å². The van der Waals surface area contributed by atoms with Crippen LogP contribution in [0.3, 0.4) is 0 Å². The molecule has 2 rings (SSSR count). The molecule has 0 bridgehead atoms. The van der Waals surface area contributed by atoms with E-state index in [1.807, 2.05) is 0 Å². The first-order valence-corrected chi connectivity index (χ1v) is 4.58. The molecule has 0 saturated heterocycles. The van der Waals surface area contributed by atoms with E-state index in [1.54, 1.807) is 6.07 Å². The molecule has 0 amide bonds. The molecule has 2 aromatic rings. The van der Waals surface area contributed by atoms with Crippen molar-refractivity contribution in [3.05, 3.63) is 40.1 Å². The van der Waals surface area contributed by atoms with E-state index in [4.69, 9.17) is 28.2 Å². The number of aromatic nitrogens is 1. The predicted octanol–water partition coefficient (Wildman–Crippen LogP) is 3.80. The number of nitrogens with one attached hydrogen (secondary N) is 1. The predicted molar refractivity (Wildman–Crippen MR) is 54.3 cm³/mol. The summed E-state index contributed by atoms with van der Waals surface area (Å²) in [6, 6.07) is 4.12. The van der Waals surface area contributed by atoms with Crippen molar-refractivity contribution in [3.63, 3.8) is 0 Å². The Hall–Kier alpha value is -1.13. The highest BCUT2D eigenvalue weighted by Crippen LogP contribution is 2.27. The molecule has 0 saturated carbocycles. The second kappa shape index (κ2) is 3.55. The fourth-order valence-corrected chi connectivity index (χ4v) is 1.55. The normalized spacial score (nSPS) is 10.4. The van der Waals surface area contributed by atoms with Crippen molar-refractivity contribution >= 4 is 23.8 Å². The summed E-state index contributed by atoms with van der Waals surface area (Å²) in [5.41, 5.74) is 1.30. The number of hydrogen-bond acceptors (Lipinski definition) is 2. The third kappa shape index (κ3) is 1.71. The van der Waals surface area contributed by atoms with Crippen LogP contribution in [0.2, 0.25) is 5.02 Å². The Morgan fingerprint density at radius 3 is 2.79 bits per heavy atom. The monoisotopic (exact) mass is 229 g/mol. The molecule has 5 heteroatoms. The van der Waals surface area contributed by atoms with Crippen LogP contribution in [0.1, 0.15) is 0 Å². The molecule has 0 spiro atoms. The first-order valence-electron chi connectivity index (χ1n) is 3.80. The standard InChI is InChI=1S/C9H5ClFNOS/c10-7-3-5(11)1-2-6(7)8-4-13-9(14)12-8/h1-4H,(H,12,14). The molecule has 0 radical (unpaired) electrons. The van der Waals surface area contributed by atoms with Gasteiger partial charge in [-0.25, -0.2) is 4.39 Å². The minimum atomic E-state index is -0.374. The average Bonchev–Trinajstić information content (AvgIpc) is 2.51. The maximum atomic E-state index is 12.7. The van der Waals surface area contributed by atoms with E-state index < -0.39 is 0 Å². The number of hydrogen-bond donors (Lipinski definition) is 1. The van der Waals surface area contributed by atoms with E-state index in [2.05, 4.69) is 4.98 Å². The summed E-state index contributed by atoms with van der Waals surface area (Å²) in [5, 5.41) is 0.317. The fourth-order valence-electron chi connectivity index (χ4n) is 1.12. The van der Waals surface area contributed by atoms with Gasteiger partial charge in [0.05, 0.1) is 10.7 Å². The Labute approximate surface area is 89.3 Å². The zero-order chi connectivity index (χ0) is 10.1. The van der Waals surface area contributed by atoms with Crippen molar-refractivity contribution in [3.8, 4) is 11.3 Å². The Morgan fingerprint density at radius 1 is 1.43 bits per heavy atom. The van der Waals surface area contributed by atoms with Crippen molar-refractivity contribution < 1.29 is 8.81 Å². The van der Waals surface area contributed by atoms with Crippen molar-refractivity contribution in [2.24, 2.45) is 0 Å². The van der Waals surface area contributed by atoms with Gasteiger partial charge in [0.1, 0.15) is 12.1 Å². The van der Waals surface area contributed by atoms with Gasteiger partial charge in [-0.2, -0.15) is 0 Å². The van der Waals surface area contributed by atoms with Crippen LogP contribution in [-0.4, -0.2) is 4.98 Å². The minimum absolute atomic E-state index is 0.264. The number of oxazole rings is 1. The first kappa shape index (κ1) is 9.43. The Bertz CT molecular complexity index is 520. The number of benzene rings is 1. The van der Waals surface area contributed by atoms with E-state index in [0.29, 0.717) is 16.3 Å². The summed E-state index contributed by atoms with van der Waals surface area (Å²) in [5.74, 6) is -0.374. The molecule has 1 heterocycles. The van der Waals surface area contributed by atoms with Crippen LogP contribution < -0.4 is 0 Å². The molecule has 0 aliphatic heterocycles. The summed E-state index contributed by atoms with van der Waals surface area (Å²) in [6.07, 6.45) is 1.45. The molecule has 72 valence electrons. The van der Waals surface area contributed by atoms with Crippen LogP contribution in [0.15, 0.2) is 28.9 Å². The van der Waals surface area contributed by atoms with E-state index in [-0.39, 0.29) is 10.7 Å². The molecule has 0 unspecified atom stereocenters. The first-order chi connectivity index (χ1) is 6.66. The van der Waals surface area contributed by atoms with Crippen LogP contribution in [0.25, 0.3) is 11.3 Å². The lowest BCUT2D eigenvalue weighted by atomic mass is 10.2.